The van der Waals surface area contributed by atoms with Crippen LogP contribution in [0.15, 0.2) is 48.5 Å². The van der Waals surface area contributed by atoms with E-state index in [0.29, 0.717) is 29.4 Å². The first-order chi connectivity index (χ1) is 12.0. The number of carbonyl (C=O) groups excluding carboxylic acids is 2. The lowest BCUT2D eigenvalue weighted by Crippen LogP contribution is -2.40. The highest BCUT2D eigenvalue weighted by Gasteiger charge is 2.14. The number of hydrogen-bond donors (Lipinski definition) is 2. The normalized spacial score (nSPS) is 11.5. The molecule has 0 saturated heterocycles. The number of halogens is 1. The first kappa shape index (κ1) is 18.8. The van der Waals surface area contributed by atoms with Gasteiger partial charge in [0.05, 0.1) is 0 Å². The smallest absolute Gasteiger partial charge is 0.260 e. The van der Waals surface area contributed by atoms with Crippen LogP contribution in [-0.2, 0) is 4.79 Å². The van der Waals surface area contributed by atoms with Crippen LogP contribution in [-0.4, -0.2) is 31.0 Å². The molecule has 2 rings (SSSR count). The second kappa shape index (κ2) is 9.08. The van der Waals surface area contributed by atoms with E-state index in [2.05, 4.69) is 10.6 Å². The molecular formula is C19H21ClN2O3. The van der Waals surface area contributed by atoms with Gasteiger partial charge in [-0.3, -0.25) is 9.59 Å². The Balaban J connectivity index is 1.72. The van der Waals surface area contributed by atoms with Gasteiger partial charge in [-0.1, -0.05) is 29.8 Å². The maximum absolute atomic E-state index is 12.1. The molecule has 6 heteroatoms. The van der Waals surface area contributed by atoms with Crippen LogP contribution in [0.1, 0.15) is 22.8 Å². The minimum Gasteiger partial charge on any atom is -0.481 e. The molecule has 0 aliphatic heterocycles. The third kappa shape index (κ3) is 5.80. The Morgan fingerprint density at radius 2 is 1.68 bits per heavy atom. The van der Waals surface area contributed by atoms with Crippen molar-refractivity contribution in [2.45, 2.75) is 20.0 Å². The topological polar surface area (TPSA) is 67.4 Å². The number of amides is 2. The maximum atomic E-state index is 12.1. The highest BCUT2D eigenvalue weighted by atomic mass is 35.5. The first-order valence-corrected chi connectivity index (χ1v) is 8.39. The molecule has 0 fully saturated rings. The van der Waals surface area contributed by atoms with Gasteiger partial charge < -0.3 is 15.4 Å². The number of carbonyl (C=O) groups is 2. The van der Waals surface area contributed by atoms with Crippen molar-refractivity contribution < 1.29 is 14.3 Å². The largest absolute Gasteiger partial charge is 0.481 e. The molecular weight excluding hydrogens is 340 g/mol. The molecule has 0 bridgehead atoms. The highest BCUT2D eigenvalue weighted by Crippen LogP contribution is 2.16. The average molecular weight is 361 g/mol. The van der Waals surface area contributed by atoms with Gasteiger partial charge in [0.2, 0.25) is 0 Å². The predicted octanol–water partition coefficient (Wildman–Crippen LogP) is 2.96. The van der Waals surface area contributed by atoms with E-state index >= 15 is 0 Å². The summed E-state index contributed by atoms with van der Waals surface area (Å²) in [6, 6.07) is 14.2. The van der Waals surface area contributed by atoms with Gasteiger partial charge in [0.15, 0.2) is 6.10 Å². The summed E-state index contributed by atoms with van der Waals surface area (Å²) in [6.07, 6.45) is -0.645. The Labute approximate surface area is 152 Å². The lowest BCUT2D eigenvalue weighted by molar-refractivity contribution is -0.127. The second-order valence-corrected chi connectivity index (χ2v) is 6.01. The van der Waals surface area contributed by atoms with Crippen molar-refractivity contribution in [3.63, 3.8) is 0 Å². The molecule has 2 N–H and O–H groups in total. The van der Waals surface area contributed by atoms with E-state index in [-0.39, 0.29) is 11.8 Å². The van der Waals surface area contributed by atoms with Gasteiger partial charge in [0, 0.05) is 23.7 Å². The predicted molar refractivity (Wildman–Crippen MR) is 98.1 cm³/mol. The monoisotopic (exact) mass is 360 g/mol. The van der Waals surface area contributed by atoms with E-state index < -0.39 is 6.10 Å². The minimum absolute atomic E-state index is 0.155. The van der Waals surface area contributed by atoms with Crippen LogP contribution in [0.3, 0.4) is 0 Å². The van der Waals surface area contributed by atoms with Gasteiger partial charge in [-0.15, -0.1) is 0 Å². The van der Waals surface area contributed by atoms with E-state index in [1.165, 1.54) is 0 Å². The van der Waals surface area contributed by atoms with Gasteiger partial charge >= 0.3 is 0 Å². The highest BCUT2D eigenvalue weighted by molar-refractivity contribution is 6.30. The Morgan fingerprint density at radius 3 is 2.36 bits per heavy atom. The fourth-order valence-electron chi connectivity index (χ4n) is 2.20. The molecule has 25 heavy (non-hydrogen) atoms. The van der Waals surface area contributed by atoms with Gasteiger partial charge in [-0.05, 0) is 49.7 Å². The van der Waals surface area contributed by atoms with Crippen molar-refractivity contribution in [1.82, 2.24) is 10.6 Å². The summed E-state index contributed by atoms with van der Waals surface area (Å²) >= 11 is 5.81. The Kier molecular flexibility index (Phi) is 6.83. The Bertz CT molecular complexity index is 732. The molecule has 1 unspecified atom stereocenters. The van der Waals surface area contributed by atoms with Crippen molar-refractivity contribution in [3.05, 3.63) is 64.7 Å². The summed E-state index contributed by atoms with van der Waals surface area (Å²) in [6.45, 7) is 4.21. The summed E-state index contributed by atoms with van der Waals surface area (Å²) in [7, 11) is 0. The summed E-state index contributed by atoms with van der Waals surface area (Å²) in [5, 5.41) is 6.12. The fraction of sp³-hybridized carbons (Fsp3) is 0.263. The zero-order valence-corrected chi connectivity index (χ0v) is 15.0. The fourth-order valence-corrected chi connectivity index (χ4v) is 2.33. The van der Waals surface area contributed by atoms with E-state index in [1.807, 2.05) is 25.1 Å². The number of aryl methyl sites for hydroxylation is 1. The molecule has 2 amide bonds. The molecule has 2 aromatic carbocycles. The molecule has 132 valence electrons. The van der Waals surface area contributed by atoms with Gasteiger partial charge in [0.25, 0.3) is 11.8 Å². The van der Waals surface area contributed by atoms with E-state index in [9.17, 15) is 9.59 Å². The molecule has 1 atom stereocenters. The molecule has 5 nitrogen and oxygen atoms in total. The van der Waals surface area contributed by atoms with Crippen LogP contribution in [0, 0.1) is 6.92 Å². The molecule has 0 aromatic heterocycles. The second-order valence-electron chi connectivity index (χ2n) is 5.58. The van der Waals surface area contributed by atoms with E-state index in [4.69, 9.17) is 16.3 Å². The molecule has 0 radical (unpaired) electrons. The van der Waals surface area contributed by atoms with Crippen molar-refractivity contribution in [2.75, 3.05) is 13.1 Å². The quantitative estimate of drug-likeness (QED) is 0.746. The number of ether oxygens (including phenoxy) is 1. The summed E-state index contributed by atoms with van der Waals surface area (Å²) < 4.78 is 5.54. The third-order valence-electron chi connectivity index (χ3n) is 3.60. The SMILES string of the molecule is Cc1ccccc1C(=O)NCCNC(=O)C(C)Oc1ccc(Cl)cc1. The van der Waals surface area contributed by atoms with Crippen molar-refractivity contribution in [2.24, 2.45) is 0 Å². The van der Waals surface area contributed by atoms with Crippen LogP contribution in [0.5, 0.6) is 5.75 Å². The minimum atomic E-state index is -0.645. The average Bonchev–Trinajstić information content (AvgIpc) is 2.60. The third-order valence-corrected chi connectivity index (χ3v) is 3.85. The van der Waals surface area contributed by atoms with Crippen LogP contribution in [0.25, 0.3) is 0 Å². The van der Waals surface area contributed by atoms with Crippen molar-refractivity contribution in [1.29, 1.82) is 0 Å². The van der Waals surface area contributed by atoms with Crippen LogP contribution >= 0.6 is 11.6 Å². The zero-order valence-electron chi connectivity index (χ0n) is 14.2. The van der Waals surface area contributed by atoms with Crippen molar-refractivity contribution in [3.8, 4) is 5.75 Å². The summed E-state index contributed by atoms with van der Waals surface area (Å²) in [5.41, 5.74) is 1.54. The Morgan fingerprint density at radius 1 is 1.04 bits per heavy atom. The molecule has 2 aromatic rings. The van der Waals surface area contributed by atoms with Gasteiger partial charge in [0.1, 0.15) is 5.75 Å². The molecule has 0 aliphatic rings. The lowest BCUT2D eigenvalue weighted by atomic mass is 10.1. The van der Waals surface area contributed by atoms with Gasteiger partial charge in [-0.25, -0.2) is 0 Å². The van der Waals surface area contributed by atoms with E-state index in [0.717, 1.165) is 5.56 Å². The van der Waals surface area contributed by atoms with Gasteiger partial charge in [-0.2, -0.15) is 0 Å². The van der Waals surface area contributed by atoms with E-state index in [1.54, 1.807) is 37.3 Å². The lowest BCUT2D eigenvalue weighted by Gasteiger charge is -2.15. The molecule has 0 saturated carbocycles. The standard InChI is InChI=1S/C19H21ClN2O3/c1-13-5-3-4-6-17(13)19(24)22-12-11-21-18(23)14(2)25-16-9-7-15(20)8-10-16/h3-10,14H,11-12H2,1-2H3,(H,21,23)(H,22,24). The van der Waals surface area contributed by atoms with Crippen LogP contribution in [0.2, 0.25) is 5.02 Å². The number of benzene rings is 2. The zero-order chi connectivity index (χ0) is 18.2. The van der Waals surface area contributed by atoms with Crippen molar-refractivity contribution >= 4 is 23.4 Å². The molecule has 0 heterocycles. The summed E-state index contributed by atoms with van der Waals surface area (Å²) in [5.74, 6) is 0.165. The number of hydrogen-bond acceptors (Lipinski definition) is 3. The van der Waals surface area contributed by atoms with Crippen LogP contribution in [0.4, 0.5) is 0 Å². The van der Waals surface area contributed by atoms with Crippen LogP contribution < -0.4 is 15.4 Å². The first-order valence-electron chi connectivity index (χ1n) is 8.01. The number of rotatable bonds is 7. The molecule has 0 spiro atoms. The summed E-state index contributed by atoms with van der Waals surface area (Å²) in [4.78, 5) is 24.1. The number of nitrogens with one attached hydrogen (secondary N) is 2. The molecule has 0 aliphatic carbocycles. The maximum Gasteiger partial charge on any atom is 0.260 e. The Hall–Kier alpha value is -2.53.